The first kappa shape index (κ1) is 28.8. The second kappa shape index (κ2) is 14.9. The highest BCUT2D eigenvalue weighted by molar-refractivity contribution is 5.92. The SMILES string of the molecule is CCCCCCOC(=O)/C=C/[C@]1(COCc2ccccc2)C/C(=C/CC(C(C)C)C(C)C)C(=O)O1. The Morgan fingerprint density at radius 3 is 2.46 bits per heavy atom. The maximum absolute atomic E-state index is 12.8. The Bertz CT molecular complexity index is 832. The third kappa shape index (κ3) is 10.0. The van der Waals surface area contributed by atoms with Crippen LogP contribution in [0.5, 0.6) is 0 Å². The monoisotopic (exact) mass is 484 g/mol. The Morgan fingerprint density at radius 1 is 1.09 bits per heavy atom. The topological polar surface area (TPSA) is 61.8 Å². The molecular formula is C30H44O5. The van der Waals surface area contributed by atoms with E-state index in [4.69, 9.17) is 14.2 Å². The number of allylic oxidation sites excluding steroid dienone is 1. The van der Waals surface area contributed by atoms with E-state index in [2.05, 4.69) is 34.6 Å². The summed E-state index contributed by atoms with van der Waals surface area (Å²) in [5.74, 6) is 0.776. The summed E-state index contributed by atoms with van der Waals surface area (Å²) in [5.41, 5.74) is 0.677. The zero-order chi connectivity index (χ0) is 25.7. The number of hydrogen-bond acceptors (Lipinski definition) is 5. The molecule has 2 rings (SSSR count). The number of unbranched alkanes of at least 4 members (excludes halogenated alkanes) is 3. The summed E-state index contributed by atoms with van der Waals surface area (Å²) < 4.78 is 17.1. The molecule has 1 fully saturated rings. The molecule has 5 nitrogen and oxygen atoms in total. The van der Waals surface area contributed by atoms with Crippen molar-refractivity contribution in [3.8, 4) is 0 Å². The van der Waals surface area contributed by atoms with Crippen molar-refractivity contribution < 1.29 is 23.8 Å². The van der Waals surface area contributed by atoms with Gasteiger partial charge in [-0.2, -0.15) is 0 Å². The first-order valence-corrected chi connectivity index (χ1v) is 13.2. The van der Waals surface area contributed by atoms with Crippen LogP contribution in [-0.2, 0) is 30.4 Å². The number of carbonyl (C=O) groups is 2. The first-order valence-electron chi connectivity index (χ1n) is 13.2. The second-order valence-corrected chi connectivity index (χ2v) is 10.3. The van der Waals surface area contributed by atoms with Gasteiger partial charge in [-0.1, -0.05) is 90.3 Å². The van der Waals surface area contributed by atoms with E-state index in [-0.39, 0.29) is 12.6 Å². The molecule has 0 saturated carbocycles. The van der Waals surface area contributed by atoms with Crippen LogP contribution in [0.3, 0.4) is 0 Å². The summed E-state index contributed by atoms with van der Waals surface area (Å²) in [5, 5.41) is 0. The van der Waals surface area contributed by atoms with Gasteiger partial charge in [-0.25, -0.2) is 9.59 Å². The van der Waals surface area contributed by atoms with Crippen LogP contribution in [0.25, 0.3) is 0 Å². The number of ether oxygens (including phenoxy) is 3. The van der Waals surface area contributed by atoms with Crippen LogP contribution in [0.1, 0.15) is 78.7 Å². The van der Waals surface area contributed by atoms with Crippen LogP contribution >= 0.6 is 0 Å². The number of esters is 2. The molecule has 0 N–H and O–H groups in total. The minimum absolute atomic E-state index is 0.170. The summed E-state index contributed by atoms with van der Waals surface area (Å²) >= 11 is 0. The van der Waals surface area contributed by atoms with Gasteiger partial charge in [0, 0.05) is 18.1 Å². The van der Waals surface area contributed by atoms with Crippen molar-refractivity contribution in [2.24, 2.45) is 17.8 Å². The van der Waals surface area contributed by atoms with Crippen LogP contribution in [-0.4, -0.2) is 30.8 Å². The summed E-state index contributed by atoms with van der Waals surface area (Å²) in [6.07, 6.45) is 10.4. The molecule has 1 aromatic carbocycles. The standard InChI is InChI=1S/C30H44O5/c1-6-7-8-12-19-34-28(31)17-18-30(22-33-21-25-13-10-9-11-14-25)20-26(29(32)35-30)15-16-27(23(2)3)24(4)5/h9-11,13-15,17-18,23-24,27H,6-8,12,16,19-22H2,1-5H3/b18-17+,26-15-/t30-/m1/s1. The number of cyclic esters (lactones) is 1. The second-order valence-electron chi connectivity index (χ2n) is 10.3. The molecule has 194 valence electrons. The van der Waals surface area contributed by atoms with E-state index >= 15 is 0 Å². The molecule has 5 heteroatoms. The van der Waals surface area contributed by atoms with E-state index < -0.39 is 11.6 Å². The molecule has 0 unspecified atom stereocenters. The van der Waals surface area contributed by atoms with Gasteiger partial charge < -0.3 is 14.2 Å². The highest BCUT2D eigenvalue weighted by atomic mass is 16.6. The lowest BCUT2D eigenvalue weighted by Gasteiger charge is -2.24. The van der Waals surface area contributed by atoms with Crippen molar-refractivity contribution in [3.05, 3.63) is 59.7 Å². The molecule has 1 aliphatic rings. The van der Waals surface area contributed by atoms with Crippen LogP contribution in [0.2, 0.25) is 0 Å². The molecule has 0 aromatic heterocycles. The maximum Gasteiger partial charge on any atom is 0.334 e. The normalized spacial score (nSPS) is 19.4. The Hall–Kier alpha value is -2.40. The predicted octanol–water partition coefficient (Wildman–Crippen LogP) is 6.81. The minimum atomic E-state index is -1.01. The quantitative estimate of drug-likeness (QED) is 0.155. The van der Waals surface area contributed by atoms with Gasteiger partial charge in [0.2, 0.25) is 0 Å². The molecule has 1 heterocycles. The lowest BCUT2D eigenvalue weighted by atomic mass is 9.82. The fourth-order valence-electron chi connectivity index (χ4n) is 4.54. The summed E-state index contributed by atoms with van der Waals surface area (Å²) in [6.45, 7) is 12.0. The van der Waals surface area contributed by atoms with E-state index in [1.54, 1.807) is 6.08 Å². The average Bonchev–Trinajstić information content (AvgIpc) is 3.13. The van der Waals surface area contributed by atoms with Gasteiger partial charge in [0.25, 0.3) is 0 Å². The lowest BCUT2D eigenvalue weighted by Crippen LogP contribution is -2.32. The van der Waals surface area contributed by atoms with E-state index in [1.165, 1.54) is 6.08 Å². The van der Waals surface area contributed by atoms with Crippen molar-refractivity contribution in [3.63, 3.8) is 0 Å². The van der Waals surface area contributed by atoms with Crippen molar-refractivity contribution in [2.45, 2.75) is 85.4 Å². The molecule has 35 heavy (non-hydrogen) atoms. The van der Waals surface area contributed by atoms with Crippen molar-refractivity contribution in [2.75, 3.05) is 13.2 Å². The van der Waals surface area contributed by atoms with Gasteiger partial charge >= 0.3 is 11.9 Å². The smallest absolute Gasteiger partial charge is 0.334 e. The zero-order valence-corrected chi connectivity index (χ0v) is 22.3. The minimum Gasteiger partial charge on any atom is -0.463 e. The summed E-state index contributed by atoms with van der Waals surface area (Å²) in [6, 6.07) is 9.85. The average molecular weight is 485 g/mol. The molecule has 0 bridgehead atoms. The number of benzene rings is 1. The van der Waals surface area contributed by atoms with Crippen LogP contribution in [0.15, 0.2) is 54.1 Å². The van der Waals surface area contributed by atoms with Crippen LogP contribution < -0.4 is 0 Å². The fourth-order valence-corrected chi connectivity index (χ4v) is 4.54. The third-order valence-corrected chi connectivity index (χ3v) is 6.62. The van der Waals surface area contributed by atoms with Gasteiger partial charge in [-0.05, 0) is 42.2 Å². The van der Waals surface area contributed by atoms with E-state index in [1.807, 2.05) is 36.4 Å². The molecular weight excluding hydrogens is 440 g/mol. The molecule has 1 aromatic rings. The molecule has 0 amide bonds. The zero-order valence-electron chi connectivity index (χ0n) is 22.3. The summed E-state index contributed by atoms with van der Waals surface area (Å²) in [7, 11) is 0. The number of carbonyl (C=O) groups excluding carboxylic acids is 2. The van der Waals surface area contributed by atoms with Crippen molar-refractivity contribution in [1.29, 1.82) is 0 Å². The van der Waals surface area contributed by atoms with E-state index in [9.17, 15) is 9.59 Å². The number of hydrogen-bond donors (Lipinski definition) is 0. The van der Waals surface area contributed by atoms with Gasteiger partial charge in [0.05, 0.1) is 19.8 Å². The molecule has 0 radical (unpaired) electrons. The maximum atomic E-state index is 12.8. The van der Waals surface area contributed by atoms with Gasteiger partial charge in [0.15, 0.2) is 5.60 Å². The van der Waals surface area contributed by atoms with Gasteiger partial charge in [-0.15, -0.1) is 0 Å². The van der Waals surface area contributed by atoms with Crippen LogP contribution in [0.4, 0.5) is 0 Å². The highest BCUT2D eigenvalue weighted by Gasteiger charge is 2.42. The third-order valence-electron chi connectivity index (χ3n) is 6.62. The molecule has 0 aliphatic carbocycles. The Kier molecular flexibility index (Phi) is 12.3. The fraction of sp³-hybridized carbons (Fsp3) is 0.600. The lowest BCUT2D eigenvalue weighted by molar-refractivity contribution is -0.148. The van der Waals surface area contributed by atoms with Crippen molar-refractivity contribution >= 4 is 11.9 Å². The van der Waals surface area contributed by atoms with E-state index in [0.29, 0.717) is 43.0 Å². The van der Waals surface area contributed by atoms with Gasteiger partial charge in [-0.3, -0.25) is 0 Å². The largest absolute Gasteiger partial charge is 0.463 e. The molecule has 1 aliphatic heterocycles. The van der Waals surface area contributed by atoms with E-state index in [0.717, 1.165) is 37.7 Å². The number of rotatable bonds is 15. The highest BCUT2D eigenvalue weighted by Crippen LogP contribution is 2.35. The molecule has 1 saturated heterocycles. The van der Waals surface area contributed by atoms with Gasteiger partial charge in [0.1, 0.15) is 0 Å². The first-order chi connectivity index (χ1) is 16.8. The Morgan fingerprint density at radius 2 is 1.80 bits per heavy atom. The Balaban J connectivity index is 2.08. The van der Waals surface area contributed by atoms with Crippen LogP contribution in [0, 0.1) is 17.8 Å². The molecule has 0 spiro atoms. The molecule has 1 atom stereocenters. The van der Waals surface area contributed by atoms with Crippen molar-refractivity contribution in [1.82, 2.24) is 0 Å². The Labute approximate surface area is 211 Å². The summed E-state index contributed by atoms with van der Waals surface area (Å²) in [4.78, 5) is 25.1. The predicted molar refractivity (Wildman–Crippen MR) is 140 cm³/mol.